The quantitative estimate of drug-likeness (QED) is 0.162. The van der Waals surface area contributed by atoms with Crippen LogP contribution in [0.25, 0.3) is 22.4 Å². The summed E-state index contributed by atoms with van der Waals surface area (Å²) in [6.45, 7) is 5.25. The number of aliphatic hydroxyl groups is 1. The van der Waals surface area contributed by atoms with Crippen LogP contribution >= 0.6 is 34.5 Å². The van der Waals surface area contributed by atoms with Gasteiger partial charge in [0.2, 0.25) is 11.3 Å². The zero-order valence-electron chi connectivity index (χ0n) is 21.5. The van der Waals surface area contributed by atoms with Gasteiger partial charge in [-0.3, -0.25) is 5.32 Å². The van der Waals surface area contributed by atoms with Gasteiger partial charge in [0.15, 0.2) is 17.2 Å². The molecule has 1 atom stereocenters. The average Bonchev–Trinajstić information content (AvgIpc) is 3.57. The third kappa shape index (κ3) is 5.25. The minimum absolute atomic E-state index is 0.0393. The van der Waals surface area contributed by atoms with E-state index in [2.05, 4.69) is 15.3 Å². The van der Waals surface area contributed by atoms with Crippen molar-refractivity contribution in [2.24, 2.45) is 0 Å². The van der Waals surface area contributed by atoms with Crippen LogP contribution in [0.5, 0.6) is 0 Å². The van der Waals surface area contributed by atoms with E-state index < -0.39 is 23.3 Å². The van der Waals surface area contributed by atoms with Crippen LogP contribution in [0.2, 0.25) is 10.2 Å². The van der Waals surface area contributed by atoms with Gasteiger partial charge in [-0.1, -0.05) is 23.2 Å². The summed E-state index contributed by atoms with van der Waals surface area (Å²) in [5.74, 6) is -0.996. The molecule has 3 heterocycles. The van der Waals surface area contributed by atoms with E-state index in [1.165, 1.54) is 12.3 Å². The van der Waals surface area contributed by atoms with Crippen molar-refractivity contribution in [1.82, 2.24) is 9.97 Å². The number of halogens is 2. The number of carbonyl (C=O) groups excluding carboxylic acids is 1. The Labute approximate surface area is 242 Å². The molecule has 0 bridgehead atoms. The molecule has 0 fully saturated rings. The van der Waals surface area contributed by atoms with Gasteiger partial charge in [-0.2, -0.15) is 4.73 Å². The van der Waals surface area contributed by atoms with Crippen LogP contribution in [0.4, 0.5) is 10.5 Å². The summed E-state index contributed by atoms with van der Waals surface area (Å²) < 4.78 is 5.94. The van der Waals surface area contributed by atoms with Gasteiger partial charge in [0, 0.05) is 32.7 Å². The maximum Gasteiger partial charge on any atom is 0.412 e. The van der Waals surface area contributed by atoms with Crippen LogP contribution in [0, 0.1) is 5.21 Å². The van der Waals surface area contributed by atoms with Crippen molar-refractivity contribution in [2.45, 2.75) is 44.8 Å². The topological polar surface area (TPSA) is 151 Å². The molecule has 0 saturated heterocycles. The molecule has 0 saturated carbocycles. The molecule has 0 aliphatic heterocycles. The van der Waals surface area contributed by atoms with Crippen molar-refractivity contribution < 1.29 is 29.3 Å². The van der Waals surface area contributed by atoms with Gasteiger partial charge in [-0.15, -0.1) is 11.3 Å². The number of fused-ring (bicyclic) bond motifs is 1. The van der Waals surface area contributed by atoms with Crippen molar-refractivity contribution in [1.29, 1.82) is 0 Å². The van der Waals surface area contributed by atoms with Gasteiger partial charge in [0.25, 0.3) is 0 Å². The number of thiophene rings is 1. The number of aromatic amines is 1. The SMILES string of the molecule is CC(C)(C)OC(=O)Nc1ccc(Cl)cc1-c1cc2c([n+]([O-])c1)[C@](O)(c1nc(Cl)c(-c3csc(C(=O)O)c3)[nH]1)CC2. The zero-order valence-corrected chi connectivity index (χ0v) is 23.9. The van der Waals surface area contributed by atoms with E-state index in [0.29, 0.717) is 49.8 Å². The van der Waals surface area contributed by atoms with E-state index in [4.69, 9.17) is 27.9 Å². The lowest BCUT2D eigenvalue weighted by atomic mass is 9.98. The molecule has 0 unspecified atom stereocenters. The highest BCUT2D eigenvalue weighted by atomic mass is 35.5. The van der Waals surface area contributed by atoms with E-state index in [1.807, 2.05) is 0 Å². The highest BCUT2D eigenvalue weighted by molar-refractivity contribution is 7.12. The Kier molecular flexibility index (Phi) is 7.03. The Hall–Kier alpha value is -3.64. The maximum absolute atomic E-state index is 13.4. The second-order valence-electron chi connectivity index (χ2n) is 10.4. The van der Waals surface area contributed by atoms with Crippen molar-refractivity contribution in [2.75, 3.05) is 5.32 Å². The fourth-order valence-electron chi connectivity index (χ4n) is 4.67. The van der Waals surface area contributed by atoms with Crippen LogP contribution in [-0.4, -0.2) is 37.8 Å². The minimum atomic E-state index is -1.77. The van der Waals surface area contributed by atoms with Crippen molar-refractivity contribution >= 4 is 52.3 Å². The molecule has 13 heteroatoms. The molecule has 10 nitrogen and oxygen atoms in total. The number of nitrogens with one attached hydrogen (secondary N) is 2. The summed E-state index contributed by atoms with van der Waals surface area (Å²) in [7, 11) is 0. The molecule has 1 aliphatic carbocycles. The number of nitrogens with zero attached hydrogens (tertiary/aromatic N) is 2. The molecule has 5 rings (SSSR count). The number of hydrogen-bond donors (Lipinski definition) is 4. The fourth-order valence-corrected chi connectivity index (χ4v) is 5.82. The molecular weight excluding hydrogens is 579 g/mol. The monoisotopic (exact) mass is 602 g/mol. The van der Waals surface area contributed by atoms with Gasteiger partial charge >= 0.3 is 12.1 Å². The number of amides is 1. The Bertz CT molecular complexity index is 1660. The minimum Gasteiger partial charge on any atom is -0.618 e. The highest BCUT2D eigenvalue weighted by Crippen LogP contribution is 2.43. The lowest BCUT2D eigenvalue weighted by molar-refractivity contribution is -0.620. The Morgan fingerprint density at radius 1 is 1.23 bits per heavy atom. The Morgan fingerprint density at radius 3 is 2.65 bits per heavy atom. The van der Waals surface area contributed by atoms with E-state index in [9.17, 15) is 25.0 Å². The average molecular weight is 603 g/mol. The molecule has 0 radical (unpaired) electrons. The largest absolute Gasteiger partial charge is 0.618 e. The number of rotatable bonds is 5. The predicted molar refractivity (Wildman–Crippen MR) is 151 cm³/mol. The third-order valence-electron chi connectivity index (χ3n) is 6.34. The zero-order chi connectivity index (χ0) is 29.0. The van der Waals surface area contributed by atoms with Gasteiger partial charge in [-0.05, 0) is 63.9 Å². The second kappa shape index (κ2) is 10.1. The first-order valence-corrected chi connectivity index (χ1v) is 13.8. The first-order valence-electron chi connectivity index (χ1n) is 12.1. The number of pyridine rings is 1. The molecule has 1 amide bonds. The van der Waals surface area contributed by atoms with Gasteiger partial charge in [0.05, 0.1) is 11.4 Å². The van der Waals surface area contributed by atoms with Crippen LogP contribution in [-0.2, 0) is 16.8 Å². The molecule has 208 valence electrons. The molecule has 4 N–H and O–H groups in total. The van der Waals surface area contributed by atoms with E-state index in [0.717, 1.165) is 11.3 Å². The summed E-state index contributed by atoms with van der Waals surface area (Å²) in [5.41, 5.74) is 0.409. The van der Waals surface area contributed by atoms with Gasteiger partial charge in [0.1, 0.15) is 10.5 Å². The van der Waals surface area contributed by atoms with Crippen LogP contribution < -0.4 is 10.0 Å². The van der Waals surface area contributed by atoms with Crippen molar-refractivity contribution in [3.05, 3.63) is 79.3 Å². The normalized spacial score (nSPS) is 16.6. The molecule has 0 spiro atoms. The molecule has 1 aromatic carbocycles. The van der Waals surface area contributed by atoms with Gasteiger partial charge < -0.3 is 25.1 Å². The first kappa shape index (κ1) is 27.9. The first-order chi connectivity index (χ1) is 18.7. The van der Waals surface area contributed by atoms with Crippen LogP contribution in [0.3, 0.4) is 0 Å². The summed E-state index contributed by atoms with van der Waals surface area (Å²) in [4.78, 5) is 31.1. The van der Waals surface area contributed by atoms with Crippen LogP contribution in [0.1, 0.15) is 53.9 Å². The summed E-state index contributed by atoms with van der Waals surface area (Å²) in [6, 6.07) is 8.07. The number of ether oxygens (including phenoxy) is 1. The molecule has 4 aromatic rings. The smallest absolute Gasteiger partial charge is 0.412 e. The number of aromatic nitrogens is 3. The number of carbonyl (C=O) groups is 2. The number of aromatic carboxylic acids is 1. The second-order valence-corrected chi connectivity index (χ2v) is 12.1. The standard InChI is InChI=1S/C27H24Cl2N4O6S/c1-26(2,3)39-25(36)30-18-5-4-16(28)10-17(18)14-8-13-6-7-27(37,21(13)33(38)11-14)24-31-20(22(29)32-24)15-9-19(23(34)35)40-12-15/h4-5,8-12,37H,6-7H2,1-3H3,(H,30,36)(H,31,32)(H,34,35)/t27-/m0/s1. The Morgan fingerprint density at radius 2 is 1.98 bits per heavy atom. The molecule has 3 aromatic heterocycles. The van der Waals surface area contributed by atoms with Crippen LogP contribution in [0.15, 0.2) is 41.9 Å². The highest BCUT2D eigenvalue weighted by Gasteiger charge is 2.49. The number of benzene rings is 1. The number of carboxylic acid groups (broad SMARTS) is 1. The number of anilines is 1. The Balaban J connectivity index is 1.51. The van der Waals surface area contributed by atoms with Gasteiger partial charge in [-0.25, -0.2) is 14.6 Å². The van der Waals surface area contributed by atoms with E-state index in [-0.39, 0.29) is 28.0 Å². The fraction of sp³-hybridized carbons (Fsp3) is 0.259. The third-order valence-corrected chi connectivity index (χ3v) is 7.76. The number of H-pyrrole nitrogens is 1. The molecule has 40 heavy (non-hydrogen) atoms. The lowest BCUT2D eigenvalue weighted by Crippen LogP contribution is -2.42. The summed E-state index contributed by atoms with van der Waals surface area (Å²) >= 11 is 13.6. The number of aryl methyl sites for hydroxylation is 1. The summed E-state index contributed by atoms with van der Waals surface area (Å²) in [6.07, 6.45) is 1.14. The maximum atomic E-state index is 13.4. The predicted octanol–water partition coefficient (Wildman–Crippen LogP) is 5.97. The molecular formula is C27H24Cl2N4O6S. The van der Waals surface area contributed by atoms with Crippen molar-refractivity contribution in [3.8, 4) is 22.4 Å². The lowest BCUT2D eigenvalue weighted by Gasteiger charge is -2.21. The summed E-state index contributed by atoms with van der Waals surface area (Å²) in [5, 5.41) is 39.1. The number of hydrogen-bond acceptors (Lipinski definition) is 7. The van der Waals surface area contributed by atoms with E-state index >= 15 is 0 Å². The molecule has 1 aliphatic rings. The van der Waals surface area contributed by atoms with E-state index in [1.54, 1.807) is 50.4 Å². The number of carboxylic acids is 1. The van der Waals surface area contributed by atoms with Crippen molar-refractivity contribution in [3.63, 3.8) is 0 Å². The number of imidazole rings is 1.